The number of ether oxygens (including phenoxy) is 1. The molecule has 0 atom stereocenters. The second-order valence-corrected chi connectivity index (χ2v) is 4.53. The zero-order valence-corrected chi connectivity index (χ0v) is 12.6. The molecule has 0 aliphatic rings. The number of carbonyl (C=O) groups is 2. The lowest BCUT2D eigenvalue weighted by Crippen LogP contribution is -2.31. The number of rotatable bonds is 9. The summed E-state index contributed by atoms with van der Waals surface area (Å²) in [6.45, 7) is 3.26. The maximum atomic E-state index is 11.6. The molecule has 1 rings (SSSR count). The van der Waals surface area contributed by atoms with Gasteiger partial charge in [-0.05, 0) is 30.7 Å². The first-order valence-corrected chi connectivity index (χ1v) is 7.05. The smallest absolute Gasteiger partial charge is 0.239 e. The maximum absolute atomic E-state index is 11.6. The summed E-state index contributed by atoms with van der Waals surface area (Å²) in [6.07, 6.45) is 1.25. The summed E-state index contributed by atoms with van der Waals surface area (Å²) in [4.78, 5) is 22.8. The highest BCUT2D eigenvalue weighted by Crippen LogP contribution is 2.13. The number of benzene rings is 1. The molecule has 1 aromatic carbocycles. The average molecular weight is 293 g/mol. The van der Waals surface area contributed by atoms with Crippen molar-refractivity contribution in [3.05, 3.63) is 24.3 Å². The van der Waals surface area contributed by atoms with E-state index >= 15 is 0 Å². The predicted octanol–water partition coefficient (Wildman–Crippen LogP) is 1.60. The van der Waals surface area contributed by atoms with Gasteiger partial charge in [-0.25, -0.2) is 0 Å². The molecule has 6 heteroatoms. The molecule has 0 unspecified atom stereocenters. The highest BCUT2D eigenvalue weighted by molar-refractivity contribution is 5.90. The second-order valence-electron chi connectivity index (χ2n) is 4.53. The number of anilines is 2. The predicted molar refractivity (Wildman–Crippen MR) is 83.4 cm³/mol. The van der Waals surface area contributed by atoms with Crippen molar-refractivity contribution in [2.45, 2.75) is 19.8 Å². The summed E-state index contributed by atoms with van der Waals surface area (Å²) in [5, 5.41) is 8.58. The Kier molecular flexibility index (Phi) is 7.89. The van der Waals surface area contributed by atoms with Crippen LogP contribution in [0.25, 0.3) is 0 Å². The third-order valence-electron chi connectivity index (χ3n) is 2.79. The molecular weight excluding hydrogens is 270 g/mol. The van der Waals surface area contributed by atoms with Gasteiger partial charge < -0.3 is 20.7 Å². The highest BCUT2D eigenvalue weighted by atomic mass is 16.5. The lowest BCUT2D eigenvalue weighted by molar-refractivity contribution is -0.119. The third-order valence-corrected chi connectivity index (χ3v) is 2.79. The van der Waals surface area contributed by atoms with Crippen LogP contribution in [0.15, 0.2) is 24.3 Å². The van der Waals surface area contributed by atoms with Crippen LogP contribution in [0.2, 0.25) is 0 Å². The monoisotopic (exact) mass is 293 g/mol. The Labute approximate surface area is 125 Å². The molecule has 0 spiro atoms. The van der Waals surface area contributed by atoms with E-state index < -0.39 is 0 Å². The van der Waals surface area contributed by atoms with Crippen molar-refractivity contribution >= 4 is 23.2 Å². The van der Waals surface area contributed by atoms with E-state index in [9.17, 15) is 9.59 Å². The lowest BCUT2D eigenvalue weighted by atomic mass is 10.2. The lowest BCUT2D eigenvalue weighted by Gasteiger charge is -2.09. The van der Waals surface area contributed by atoms with Gasteiger partial charge in [0.05, 0.1) is 6.54 Å². The molecule has 0 radical (unpaired) electrons. The molecule has 3 N–H and O–H groups in total. The Morgan fingerprint density at radius 1 is 1.10 bits per heavy atom. The minimum absolute atomic E-state index is 0.0221. The fourth-order valence-electron chi connectivity index (χ4n) is 1.61. The van der Waals surface area contributed by atoms with Gasteiger partial charge in [-0.1, -0.05) is 6.92 Å². The van der Waals surface area contributed by atoms with Crippen LogP contribution in [-0.4, -0.2) is 38.6 Å². The summed E-state index contributed by atoms with van der Waals surface area (Å²) in [5.41, 5.74) is 1.58. The van der Waals surface area contributed by atoms with Gasteiger partial charge in [-0.15, -0.1) is 0 Å². The van der Waals surface area contributed by atoms with E-state index in [4.69, 9.17) is 4.74 Å². The van der Waals surface area contributed by atoms with Crippen LogP contribution in [0.5, 0.6) is 0 Å². The van der Waals surface area contributed by atoms with Crippen molar-refractivity contribution in [1.82, 2.24) is 5.32 Å². The molecule has 0 heterocycles. The summed E-state index contributed by atoms with van der Waals surface area (Å²) >= 11 is 0. The number of hydrogen-bond donors (Lipinski definition) is 3. The van der Waals surface area contributed by atoms with Gasteiger partial charge in [-0.2, -0.15) is 0 Å². The molecule has 2 amide bonds. The summed E-state index contributed by atoms with van der Waals surface area (Å²) < 4.78 is 4.90. The third kappa shape index (κ3) is 7.31. The normalized spacial score (nSPS) is 10.0. The minimum Gasteiger partial charge on any atom is -0.385 e. The summed E-state index contributed by atoms with van der Waals surface area (Å²) in [5.74, 6) is -0.0828. The molecule has 116 valence electrons. The molecule has 0 bridgehead atoms. The molecule has 0 fully saturated rings. The minimum atomic E-state index is -0.0607. The first kappa shape index (κ1) is 17.0. The van der Waals surface area contributed by atoms with E-state index in [0.29, 0.717) is 19.6 Å². The molecule has 0 aliphatic heterocycles. The van der Waals surface area contributed by atoms with E-state index in [1.54, 1.807) is 26.2 Å². The van der Waals surface area contributed by atoms with E-state index in [1.165, 1.54) is 0 Å². The number of amides is 2. The van der Waals surface area contributed by atoms with Crippen LogP contribution in [0.4, 0.5) is 11.4 Å². The highest BCUT2D eigenvalue weighted by Gasteiger charge is 2.02. The molecule has 1 aromatic rings. The number of hydrogen-bond acceptors (Lipinski definition) is 4. The molecule has 0 aliphatic carbocycles. The fraction of sp³-hybridized carbons (Fsp3) is 0.467. The van der Waals surface area contributed by atoms with Crippen LogP contribution in [0, 0.1) is 0 Å². The Morgan fingerprint density at radius 3 is 2.38 bits per heavy atom. The van der Waals surface area contributed by atoms with Crippen LogP contribution in [0.1, 0.15) is 19.8 Å². The van der Waals surface area contributed by atoms with Crippen molar-refractivity contribution in [2.24, 2.45) is 0 Å². The molecule has 0 saturated heterocycles. The van der Waals surface area contributed by atoms with Gasteiger partial charge >= 0.3 is 0 Å². The zero-order valence-electron chi connectivity index (χ0n) is 12.6. The molecule has 6 nitrogen and oxygen atoms in total. The zero-order chi connectivity index (χ0) is 15.5. The Morgan fingerprint density at radius 2 is 1.76 bits per heavy atom. The van der Waals surface area contributed by atoms with Crippen molar-refractivity contribution in [2.75, 3.05) is 37.4 Å². The topological polar surface area (TPSA) is 79.5 Å². The number of carbonyl (C=O) groups excluding carboxylic acids is 2. The number of methoxy groups -OCH3 is 1. The fourth-order valence-corrected chi connectivity index (χ4v) is 1.61. The quantitative estimate of drug-likeness (QED) is 0.604. The van der Waals surface area contributed by atoms with Crippen molar-refractivity contribution in [3.8, 4) is 0 Å². The van der Waals surface area contributed by atoms with E-state index in [2.05, 4.69) is 16.0 Å². The van der Waals surface area contributed by atoms with Gasteiger partial charge in [0.2, 0.25) is 11.8 Å². The molecule has 0 aromatic heterocycles. The van der Waals surface area contributed by atoms with Crippen LogP contribution < -0.4 is 16.0 Å². The van der Waals surface area contributed by atoms with Crippen LogP contribution in [-0.2, 0) is 14.3 Å². The van der Waals surface area contributed by atoms with E-state index in [1.807, 2.05) is 12.1 Å². The van der Waals surface area contributed by atoms with Crippen LogP contribution >= 0.6 is 0 Å². The van der Waals surface area contributed by atoms with Crippen molar-refractivity contribution in [1.29, 1.82) is 0 Å². The van der Waals surface area contributed by atoms with Crippen molar-refractivity contribution in [3.63, 3.8) is 0 Å². The Hall–Kier alpha value is -2.08. The largest absolute Gasteiger partial charge is 0.385 e. The van der Waals surface area contributed by atoms with Crippen LogP contribution in [0.3, 0.4) is 0 Å². The van der Waals surface area contributed by atoms with Gasteiger partial charge in [0.25, 0.3) is 0 Å². The Bertz CT molecular complexity index is 446. The first-order chi connectivity index (χ1) is 10.2. The number of nitrogens with one attached hydrogen (secondary N) is 3. The SMILES string of the molecule is CCC(=O)Nc1ccc(NCC(=O)NCCCOC)cc1. The van der Waals surface area contributed by atoms with E-state index in [0.717, 1.165) is 17.8 Å². The molecular formula is C15H23N3O3. The van der Waals surface area contributed by atoms with Gasteiger partial charge in [0, 0.05) is 38.1 Å². The first-order valence-electron chi connectivity index (χ1n) is 7.05. The molecule has 0 saturated carbocycles. The van der Waals surface area contributed by atoms with E-state index in [-0.39, 0.29) is 18.4 Å². The van der Waals surface area contributed by atoms with Crippen molar-refractivity contribution < 1.29 is 14.3 Å². The summed E-state index contributed by atoms with van der Waals surface area (Å²) in [7, 11) is 1.63. The van der Waals surface area contributed by atoms with Gasteiger partial charge in [0.1, 0.15) is 0 Å². The van der Waals surface area contributed by atoms with Gasteiger partial charge in [0.15, 0.2) is 0 Å². The standard InChI is InChI=1S/C15H23N3O3/c1-3-14(19)18-13-7-5-12(6-8-13)17-11-15(20)16-9-4-10-21-2/h5-8,17H,3-4,9-11H2,1-2H3,(H,16,20)(H,18,19). The van der Waals surface area contributed by atoms with Gasteiger partial charge in [-0.3, -0.25) is 9.59 Å². The average Bonchev–Trinajstić information content (AvgIpc) is 2.50. The Balaban J connectivity index is 2.29. The molecule has 21 heavy (non-hydrogen) atoms. The maximum Gasteiger partial charge on any atom is 0.239 e. The second kappa shape index (κ2) is 9.77. The summed E-state index contributed by atoms with van der Waals surface area (Å²) in [6, 6.07) is 7.24.